The third kappa shape index (κ3) is 6.18. The minimum atomic E-state index is -1.50. The van der Waals surface area contributed by atoms with E-state index >= 15 is 0 Å². The molecule has 182 valence electrons. The summed E-state index contributed by atoms with van der Waals surface area (Å²) in [4.78, 5) is 11.9. The molecule has 6 nitrogen and oxygen atoms in total. The van der Waals surface area contributed by atoms with E-state index in [1.165, 1.54) is 11.6 Å². The molecular formula is C28H29NO5S. The normalized spacial score (nSPS) is 15.0. The van der Waals surface area contributed by atoms with E-state index in [2.05, 4.69) is 42.8 Å². The monoisotopic (exact) mass is 491 g/mol. The van der Waals surface area contributed by atoms with Gasteiger partial charge in [0, 0.05) is 12.7 Å². The molecule has 7 heteroatoms. The summed E-state index contributed by atoms with van der Waals surface area (Å²) in [5.74, 6) is 1.21. The molecule has 1 atom stereocenters. The number of hydrogen-bond acceptors (Lipinski definition) is 5. The molecule has 0 aliphatic carbocycles. The lowest BCUT2D eigenvalue weighted by atomic mass is 9.94. The molecule has 3 aromatic rings. The average molecular weight is 492 g/mol. The van der Waals surface area contributed by atoms with E-state index in [1.54, 1.807) is 12.1 Å². The first-order valence-corrected chi connectivity index (χ1v) is 12.7. The van der Waals surface area contributed by atoms with Crippen LogP contribution in [0.2, 0.25) is 0 Å². The van der Waals surface area contributed by atoms with Gasteiger partial charge in [-0.15, -0.1) is 0 Å². The molecule has 0 saturated carbocycles. The molecule has 1 unspecified atom stereocenters. The Morgan fingerprint density at radius 1 is 0.857 bits per heavy atom. The summed E-state index contributed by atoms with van der Waals surface area (Å²) in [5.41, 5.74) is 6.40. The highest BCUT2D eigenvalue weighted by Crippen LogP contribution is 2.32. The summed E-state index contributed by atoms with van der Waals surface area (Å²) in [6.07, 6.45) is 1.36. The summed E-state index contributed by atoms with van der Waals surface area (Å²) in [6.45, 7) is 8.38. The summed E-state index contributed by atoms with van der Waals surface area (Å²) in [6, 6.07) is 19.7. The Morgan fingerprint density at radius 3 is 2.26 bits per heavy atom. The standard InChI is InChI=1S/C28H29NO5S/c1-4-32-12-13-33-25-14-19(2)28(20(3)15-25)23-7-5-6-21(16-23)18-34-24-10-8-22(9-11-24)26-17-27(30)29-35(26)31/h5-11,14-17H,4,12-13,18H2,1-3H3,(H,29,30). The zero-order valence-electron chi connectivity index (χ0n) is 20.1. The van der Waals surface area contributed by atoms with Crippen LogP contribution in [0.4, 0.5) is 0 Å². The van der Waals surface area contributed by atoms with Crippen LogP contribution in [-0.4, -0.2) is 29.9 Å². The Hall–Kier alpha value is -3.42. The number of ether oxygens (including phenoxy) is 3. The van der Waals surface area contributed by atoms with Crippen LogP contribution in [-0.2, 0) is 27.1 Å². The van der Waals surface area contributed by atoms with Crippen LogP contribution >= 0.6 is 0 Å². The van der Waals surface area contributed by atoms with Gasteiger partial charge in [-0.2, -0.15) is 0 Å². The third-order valence-corrected chi connectivity index (χ3v) is 6.76. The van der Waals surface area contributed by atoms with Gasteiger partial charge in [0.15, 0.2) is 11.0 Å². The highest BCUT2D eigenvalue weighted by molar-refractivity contribution is 7.93. The summed E-state index contributed by atoms with van der Waals surface area (Å²) >= 11 is 0. The fourth-order valence-electron chi connectivity index (χ4n) is 4.06. The third-order valence-electron chi connectivity index (χ3n) is 5.62. The molecule has 1 heterocycles. The van der Waals surface area contributed by atoms with Crippen LogP contribution in [0.3, 0.4) is 0 Å². The van der Waals surface area contributed by atoms with Gasteiger partial charge >= 0.3 is 0 Å². The van der Waals surface area contributed by atoms with Crippen molar-refractivity contribution in [1.29, 1.82) is 0 Å². The molecule has 0 aromatic heterocycles. The molecule has 0 bridgehead atoms. The lowest BCUT2D eigenvalue weighted by Crippen LogP contribution is -2.16. The second-order valence-electron chi connectivity index (χ2n) is 8.23. The Kier molecular flexibility index (Phi) is 8.00. The Bertz CT molecular complexity index is 1240. The fourth-order valence-corrected chi connectivity index (χ4v) is 4.98. The smallest absolute Gasteiger partial charge is 0.257 e. The number of benzene rings is 3. The molecule has 1 aliphatic heterocycles. The molecule has 0 fully saturated rings. The maximum atomic E-state index is 11.9. The second-order valence-corrected chi connectivity index (χ2v) is 9.42. The number of carbonyl (C=O) groups is 1. The van der Waals surface area contributed by atoms with Crippen molar-refractivity contribution in [3.8, 4) is 22.6 Å². The van der Waals surface area contributed by atoms with Crippen molar-refractivity contribution in [2.75, 3.05) is 19.8 Å². The lowest BCUT2D eigenvalue weighted by molar-refractivity contribution is -0.114. The van der Waals surface area contributed by atoms with Crippen LogP contribution in [0, 0.1) is 13.8 Å². The molecule has 4 rings (SSSR count). The number of carbonyl (C=O) groups excluding carboxylic acids is 1. The van der Waals surface area contributed by atoms with Gasteiger partial charge in [-0.3, -0.25) is 9.52 Å². The molecule has 0 saturated heterocycles. The van der Waals surface area contributed by atoms with E-state index < -0.39 is 11.0 Å². The largest absolute Gasteiger partial charge is 0.491 e. The zero-order chi connectivity index (χ0) is 24.8. The predicted molar refractivity (Wildman–Crippen MR) is 138 cm³/mol. The average Bonchev–Trinajstić information content (AvgIpc) is 3.18. The lowest BCUT2D eigenvalue weighted by Gasteiger charge is -2.15. The molecule has 0 spiro atoms. The predicted octanol–water partition coefficient (Wildman–Crippen LogP) is 5.10. The van der Waals surface area contributed by atoms with Gasteiger partial charge in [-0.1, -0.05) is 30.3 Å². The summed E-state index contributed by atoms with van der Waals surface area (Å²) in [5, 5.41) is 0. The maximum absolute atomic E-state index is 11.9. The maximum Gasteiger partial charge on any atom is 0.257 e. The van der Waals surface area contributed by atoms with Crippen molar-refractivity contribution in [2.24, 2.45) is 0 Å². The first-order valence-electron chi connectivity index (χ1n) is 11.5. The highest BCUT2D eigenvalue weighted by Gasteiger charge is 2.20. The Morgan fingerprint density at radius 2 is 1.60 bits per heavy atom. The Balaban J connectivity index is 1.43. The van der Waals surface area contributed by atoms with Gasteiger partial charge in [0.05, 0.1) is 11.5 Å². The number of aryl methyl sites for hydroxylation is 2. The first kappa shape index (κ1) is 24.7. The number of amides is 1. The minimum absolute atomic E-state index is 0.340. The SMILES string of the molecule is CCOCCOc1cc(C)c(-c2cccc(COc3ccc(C4=CC(=O)NS4=O)cc3)c2)c(C)c1. The van der Waals surface area contributed by atoms with Crippen molar-refractivity contribution in [2.45, 2.75) is 27.4 Å². The van der Waals surface area contributed by atoms with E-state index in [0.717, 1.165) is 33.6 Å². The molecule has 3 aromatic carbocycles. The Labute approximate surface area is 208 Å². The van der Waals surface area contributed by atoms with Gasteiger partial charge in [0.25, 0.3) is 5.91 Å². The van der Waals surface area contributed by atoms with Crippen molar-refractivity contribution in [3.05, 3.63) is 89.0 Å². The molecule has 1 amide bonds. The van der Waals surface area contributed by atoms with Crippen LogP contribution < -0.4 is 14.2 Å². The van der Waals surface area contributed by atoms with Crippen LogP contribution in [0.25, 0.3) is 16.0 Å². The first-order chi connectivity index (χ1) is 16.9. The number of nitrogens with one attached hydrogen (secondary N) is 1. The van der Waals surface area contributed by atoms with Gasteiger partial charge < -0.3 is 14.2 Å². The van der Waals surface area contributed by atoms with Crippen molar-refractivity contribution < 1.29 is 23.2 Å². The van der Waals surface area contributed by atoms with Gasteiger partial charge in [-0.25, -0.2) is 4.21 Å². The van der Waals surface area contributed by atoms with Crippen molar-refractivity contribution in [1.82, 2.24) is 4.72 Å². The van der Waals surface area contributed by atoms with Gasteiger partial charge in [0.2, 0.25) is 0 Å². The minimum Gasteiger partial charge on any atom is -0.491 e. The summed E-state index contributed by atoms with van der Waals surface area (Å²) in [7, 11) is -1.50. The van der Waals surface area contributed by atoms with E-state index in [-0.39, 0.29) is 5.91 Å². The second kappa shape index (κ2) is 11.3. The van der Waals surface area contributed by atoms with Crippen molar-refractivity contribution in [3.63, 3.8) is 0 Å². The number of rotatable bonds is 10. The topological polar surface area (TPSA) is 73.9 Å². The van der Waals surface area contributed by atoms with E-state index in [9.17, 15) is 9.00 Å². The van der Waals surface area contributed by atoms with Crippen LogP contribution in [0.5, 0.6) is 11.5 Å². The fraction of sp³-hybridized carbons (Fsp3) is 0.250. The molecule has 1 aliphatic rings. The van der Waals surface area contributed by atoms with Crippen LogP contribution in [0.15, 0.2) is 66.7 Å². The van der Waals surface area contributed by atoms with E-state index in [1.807, 2.05) is 31.2 Å². The van der Waals surface area contributed by atoms with Gasteiger partial charge in [0.1, 0.15) is 24.7 Å². The molecule has 1 N–H and O–H groups in total. The summed E-state index contributed by atoms with van der Waals surface area (Å²) < 4.78 is 31.5. The molecular weight excluding hydrogens is 462 g/mol. The highest BCUT2D eigenvalue weighted by atomic mass is 32.2. The number of hydrogen-bond donors (Lipinski definition) is 1. The quantitative estimate of drug-likeness (QED) is 0.400. The molecule has 0 radical (unpaired) electrons. The van der Waals surface area contributed by atoms with Crippen molar-refractivity contribution >= 4 is 21.8 Å². The molecule has 35 heavy (non-hydrogen) atoms. The van der Waals surface area contributed by atoms with Crippen LogP contribution in [0.1, 0.15) is 29.2 Å². The zero-order valence-corrected chi connectivity index (χ0v) is 20.9. The van der Waals surface area contributed by atoms with Gasteiger partial charge in [-0.05, 0) is 84.5 Å². The van der Waals surface area contributed by atoms with E-state index in [0.29, 0.717) is 37.1 Å². The van der Waals surface area contributed by atoms with E-state index in [4.69, 9.17) is 14.2 Å².